The summed E-state index contributed by atoms with van der Waals surface area (Å²) in [6.45, 7) is 7.41. The lowest BCUT2D eigenvalue weighted by atomic mass is 9.95. The molecular formula is C17H24FNO3. The van der Waals surface area contributed by atoms with Crippen molar-refractivity contribution in [2.24, 2.45) is 5.92 Å². The molecule has 1 amide bonds. The van der Waals surface area contributed by atoms with Gasteiger partial charge in [0.25, 0.3) is 0 Å². The summed E-state index contributed by atoms with van der Waals surface area (Å²) in [6, 6.07) is 5.47. The van der Waals surface area contributed by atoms with E-state index in [-0.39, 0.29) is 30.2 Å². The van der Waals surface area contributed by atoms with E-state index < -0.39 is 17.3 Å². The van der Waals surface area contributed by atoms with Crippen LogP contribution in [0.15, 0.2) is 24.3 Å². The number of aliphatic hydroxyl groups is 1. The molecule has 0 aliphatic heterocycles. The molecule has 0 saturated carbocycles. The zero-order valence-electron chi connectivity index (χ0n) is 13.6. The van der Waals surface area contributed by atoms with Crippen LogP contribution in [0.2, 0.25) is 0 Å². The molecule has 0 spiro atoms. The van der Waals surface area contributed by atoms with Gasteiger partial charge >= 0.3 is 0 Å². The first-order valence-corrected chi connectivity index (χ1v) is 7.44. The maximum absolute atomic E-state index is 13.2. The Morgan fingerprint density at radius 3 is 2.50 bits per heavy atom. The van der Waals surface area contributed by atoms with Crippen molar-refractivity contribution in [2.75, 3.05) is 13.1 Å². The summed E-state index contributed by atoms with van der Waals surface area (Å²) in [7, 11) is 0. The van der Waals surface area contributed by atoms with E-state index in [1.165, 1.54) is 23.1 Å². The average Bonchev–Trinajstić information content (AvgIpc) is 2.42. The third-order valence-corrected chi connectivity index (χ3v) is 3.35. The maximum Gasteiger partial charge on any atom is 0.223 e. The van der Waals surface area contributed by atoms with E-state index in [0.717, 1.165) is 0 Å². The molecule has 1 N–H and O–H groups in total. The monoisotopic (exact) mass is 309 g/mol. The fourth-order valence-corrected chi connectivity index (χ4v) is 2.25. The Morgan fingerprint density at radius 2 is 2.00 bits per heavy atom. The lowest BCUT2D eigenvalue weighted by molar-refractivity contribution is -0.134. The van der Waals surface area contributed by atoms with Gasteiger partial charge in [0.05, 0.1) is 5.60 Å². The Labute approximate surface area is 130 Å². The summed E-state index contributed by atoms with van der Waals surface area (Å²) >= 11 is 0. The van der Waals surface area contributed by atoms with E-state index in [2.05, 4.69) is 0 Å². The third-order valence-electron chi connectivity index (χ3n) is 3.35. The minimum Gasteiger partial charge on any atom is -0.389 e. The van der Waals surface area contributed by atoms with Crippen LogP contribution in [0.25, 0.3) is 0 Å². The zero-order chi connectivity index (χ0) is 16.9. The summed E-state index contributed by atoms with van der Waals surface area (Å²) in [6.07, 6.45) is 0.0409. The number of rotatable bonds is 7. The van der Waals surface area contributed by atoms with E-state index >= 15 is 0 Å². The van der Waals surface area contributed by atoms with Crippen LogP contribution in [0.1, 0.15) is 44.5 Å². The fourth-order valence-electron chi connectivity index (χ4n) is 2.25. The number of hydrogen-bond acceptors (Lipinski definition) is 3. The van der Waals surface area contributed by atoms with Crippen LogP contribution in [0.3, 0.4) is 0 Å². The van der Waals surface area contributed by atoms with Crippen molar-refractivity contribution in [3.8, 4) is 0 Å². The van der Waals surface area contributed by atoms with Crippen LogP contribution in [0, 0.1) is 11.7 Å². The van der Waals surface area contributed by atoms with Crippen LogP contribution in [0.4, 0.5) is 4.39 Å². The quantitative estimate of drug-likeness (QED) is 0.788. The van der Waals surface area contributed by atoms with Crippen molar-refractivity contribution in [3.63, 3.8) is 0 Å². The number of likely N-dealkylation sites (N-methyl/N-ethyl adjacent to an activating group) is 1. The van der Waals surface area contributed by atoms with Gasteiger partial charge < -0.3 is 10.0 Å². The van der Waals surface area contributed by atoms with Gasteiger partial charge in [-0.15, -0.1) is 0 Å². The average molecular weight is 309 g/mol. The van der Waals surface area contributed by atoms with Crippen molar-refractivity contribution in [3.05, 3.63) is 35.6 Å². The summed E-state index contributed by atoms with van der Waals surface area (Å²) in [5.41, 5.74) is -0.715. The van der Waals surface area contributed by atoms with Gasteiger partial charge in [0, 0.05) is 31.0 Å². The number of carbonyl (C=O) groups excluding carboxylic acids is 2. The minimum absolute atomic E-state index is 0.0409. The van der Waals surface area contributed by atoms with Crippen molar-refractivity contribution < 1.29 is 19.1 Å². The molecule has 5 heteroatoms. The van der Waals surface area contributed by atoms with E-state index in [9.17, 15) is 19.1 Å². The summed E-state index contributed by atoms with van der Waals surface area (Å²) < 4.78 is 13.2. The molecule has 22 heavy (non-hydrogen) atoms. The smallest absolute Gasteiger partial charge is 0.223 e. The Kier molecular flexibility index (Phi) is 6.23. The van der Waals surface area contributed by atoms with Crippen molar-refractivity contribution >= 4 is 11.7 Å². The second-order valence-corrected chi connectivity index (χ2v) is 6.20. The number of amides is 1. The SMILES string of the molecule is CCN(CC(C)(C)O)C(=O)CC(C)C(=O)c1cccc(F)c1. The number of Topliss-reactive ketones (excluding diaryl/α,β-unsaturated/α-hetero) is 1. The van der Waals surface area contributed by atoms with Crippen molar-refractivity contribution in [1.82, 2.24) is 4.90 Å². The molecule has 0 heterocycles. The molecule has 0 bridgehead atoms. The van der Waals surface area contributed by atoms with Gasteiger partial charge in [-0.05, 0) is 32.9 Å². The number of carbonyl (C=O) groups is 2. The molecule has 0 saturated heterocycles. The highest BCUT2D eigenvalue weighted by Crippen LogP contribution is 2.16. The van der Waals surface area contributed by atoms with Crippen molar-refractivity contribution in [2.45, 2.75) is 39.7 Å². The second kappa shape index (κ2) is 7.49. The molecule has 1 unspecified atom stereocenters. The number of benzene rings is 1. The molecule has 0 aliphatic rings. The highest BCUT2D eigenvalue weighted by molar-refractivity contribution is 5.99. The molecular weight excluding hydrogens is 285 g/mol. The molecule has 0 fully saturated rings. The van der Waals surface area contributed by atoms with Crippen LogP contribution in [0.5, 0.6) is 0 Å². The predicted molar refractivity (Wildman–Crippen MR) is 83.1 cm³/mol. The van der Waals surface area contributed by atoms with E-state index in [1.807, 2.05) is 6.92 Å². The van der Waals surface area contributed by atoms with Gasteiger partial charge in [-0.1, -0.05) is 19.1 Å². The van der Waals surface area contributed by atoms with Crippen LogP contribution >= 0.6 is 0 Å². The first kappa shape index (κ1) is 18.3. The lowest BCUT2D eigenvalue weighted by Gasteiger charge is -2.28. The normalized spacial score (nSPS) is 12.8. The molecule has 4 nitrogen and oxygen atoms in total. The predicted octanol–water partition coefficient (Wildman–Crippen LogP) is 2.65. The summed E-state index contributed by atoms with van der Waals surface area (Å²) in [4.78, 5) is 26.0. The molecule has 0 radical (unpaired) electrons. The van der Waals surface area contributed by atoms with Gasteiger partial charge in [0.15, 0.2) is 5.78 Å². The highest BCUT2D eigenvalue weighted by Gasteiger charge is 2.25. The molecule has 0 aliphatic carbocycles. The summed E-state index contributed by atoms with van der Waals surface area (Å²) in [5.74, 6) is -1.46. The number of nitrogens with zero attached hydrogens (tertiary/aromatic N) is 1. The van der Waals surface area contributed by atoms with Crippen LogP contribution in [-0.2, 0) is 4.79 Å². The number of halogens is 1. The molecule has 1 atom stereocenters. The standard InChI is InChI=1S/C17H24FNO3/c1-5-19(11-17(3,4)22)15(20)9-12(2)16(21)13-7-6-8-14(18)10-13/h6-8,10,12,22H,5,9,11H2,1-4H3. The Bertz CT molecular complexity index is 537. The highest BCUT2D eigenvalue weighted by atomic mass is 19.1. The van der Waals surface area contributed by atoms with Crippen molar-refractivity contribution in [1.29, 1.82) is 0 Å². The first-order valence-electron chi connectivity index (χ1n) is 7.44. The van der Waals surface area contributed by atoms with Crippen LogP contribution < -0.4 is 0 Å². The lowest BCUT2D eigenvalue weighted by Crippen LogP contribution is -2.42. The largest absolute Gasteiger partial charge is 0.389 e. The molecule has 0 aromatic heterocycles. The number of ketones is 1. The summed E-state index contributed by atoms with van der Waals surface area (Å²) in [5, 5.41) is 9.82. The maximum atomic E-state index is 13.2. The number of hydrogen-bond donors (Lipinski definition) is 1. The first-order chi connectivity index (χ1) is 10.1. The van der Waals surface area contributed by atoms with Gasteiger partial charge in [-0.25, -0.2) is 4.39 Å². The fraction of sp³-hybridized carbons (Fsp3) is 0.529. The Morgan fingerprint density at radius 1 is 1.36 bits per heavy atom. The molecule has 1 aromatic rings. The van der Waals surface area contributed by atoms with Gasteiger partial charge in [-0.3, -0.25) is 9.59 Å². The van der Waals surface area contributed by atoms with Crippen LogP contribution in [-0.4, -0.2) is 40.4 Å². The van der Waals surface area contributed by atoms with E-state index in [1.54, 1.807) is 26.8 Å². The second-order valence-electron chi connectivity index (χ2n) is 6.20. The van der Waals surface area contributed by atoms with Gasteiger partial charge in [0.1, 0.15) is 5.82 Å². The molecule has 1 aromatic carbocycles. The van der Waals surface area contributed by atoms with Gasteiger partial charge in [-0.2, -0.15) is 0 Å². The van der Waals surface area contributed by atoms with E-state index in [4.69, 9.17) is 0 Å². The third kappa shape index (κ3) is 5.56. The molecule has 1 rings (SSSR count). The Balaban J connectivity index is 2.72. The zero-order valence-corrected chi connectivity index (χ0v) is 13.6. The topological polar surface area (TPSA) is 57.6 Å². The Hall–Kier alpha value is -1.75. The van der Waals surface area contributed by atoms with Gasteiger partial charge in [0.2, 0.25) is 5.91 Å². The minimum atomic E-state index is -0.985. The molecule has 122 valence electrons. The van der Waals surface area contributed by atoms with E-state index in [0.29, 0.717) is 6.54 Å².